The number of carbonyl (C=O) groups excluding carboxylic acids is 1. The third-order valence-electron chi connectivity index (χ3n) is 3.89. The Kier molecular flexibility index (Phi) is 4.19. The van der Waals surface area contributed by atoms with E-state index in [2.05, 4.69) is 4.99 Å². The second-order valence-electron chi connectivity index (χ2n) is 5.40. The van der Waals surface area contributed by atoms with E-state index in [-0.39, 0.29) is 11.7 Å². The summed E-state index contributed by atoms with van der Waals surface area (Å²) in [5.41, 5.74) is 0.864. The average Bonchev–Trinajstić information content (AvgIpc) is 3.12. The molecule has 0 saturated carbocycles. The van der Waals surface area contributed by atoms with Gasteiger partial charge in [-0.25, -0.2) is 4.39 Å². The molecule has 1 amide bonds. The highest BCUT2D eigenvalue weighted by atomic mass is 35.5. The van der Waals surface area contributed by atoms with Gasteiger partial charge in [-0.15, -0.1) is 11.3 Å². The fourth-order valence-corrected chi connectivity index (χ4v) is 5.24. The van der Waals surface area contributed by atoms with Crippen molar-refractivity contribution in [3.63, 3.8) is 0 Å². The van der Waals surface area contributed by atoms with Crippen LogP contribution in [0.15, 0.2) is 47.5 Å². The van der Waals surface area contributed by atoms with Gasteiger partial charge in [-0.2, -0.15) is 4.99 Å². The van der Waals surface area contributed by atoms with Crippen LogP contribution in [0.4, 0.5) is 4.39 Å². The van der Waals surface area contributed by atoms with E-state index in [0.29, 0.717) is 21.2 Å². The lowest BCUT2D eigenvalue weighted by Gasteiger charge is -1.99. The van der Waals surface area contributed by atoms with Crippen molar-refractivity contribution < 1.29 is 9.18 Å². The summed E-state index contributed by atoms with van der Waals surface area (Å²) in [6, 6.07) is 12.2. The molecule has 0 unspecified atom stereocenters. The number of aryl methyl sites for hydroxylation is 1. The second-order valence-corrected chi connectivity index (χ2v) is 7.84. The lowest BCUT2D eigenvalue weighted by atomic mass is 10.2. The lowest BCUT2D eigenvalue weighted by molar-refractivity contribution is 0.100. The van der Waals surface area contributed by atoms with Gasteiger partial charge in [0, 0.05) is 16.6 Å². The molecule has 3 nitrogen and oxygen atoms in total. The van der Waals surface area contributed by atoms with Gasteiger partial charge in [0.1, 0.15) is 10.7 Å². The van der Waals surface area contributed by atoms with E-state index >= 15 is 0 Å². The van der Waals surface area contributed by atoms with Crippen LogP contribution in [0.3, 0.4) is 0 Å². The van der Waals surface area contributed by atoms with Crippen molar-refractivity contribution in [1.29, 1.82) is 0 Å². The first kappa shape index (κ1) is 16.4. The lowest BCUT2D eigenvalue weighted by Crippen LogP contribution is -2.15. The highest BCUT2D eigenvalue weighted by molar-refractivity contribution is 7.21. The molecular formula is C18H12ClFN2OS2. The van der Waals surface area contributed by atoms with E-state index in [1.54, 1.807) is 6.07 Å². The molecule has 0 aliphatic rings. The van der Waals surface area contributed by atoms with Crippen LogP contribution < -0.4 is 4.80 Å². The van der Waals surface area contributed by atoms with E-state index < -0.39 is 0 Å². The molecular weight excluding hydrogens is 379 g/mol. The van der Waals surface area contributed by atoms with Gasteiger partial charge in [-0.3, -0.25) is 4.79 Å². The number of benzene rings is 2. The molecule has 2 heterocycles. The average molecular weight is 391 g/mol. The Morgan fingerprint density at radius 1 is 1.20 bits per heavy atom. The van der Waals surface area contributed by atoms with Gasteiger partial charge in [0.25, 0.3) is 5.91 Å². The summed E-state index contributed by atoms with van der Waals surface area (Å²) in [6.45, 7) is 2.60. The number of thiophene rings is 1. The molecule has 0 saturated heterocycles. The molecule has 4 rings (SSSR count). The maximum absolute atomic E-state index is 13.5. The van der Waals surface area contributed by atoms with Gasteiger partial charge >= 0.3 is 0 Å². The standard InChI is InChI=1S/C18H12ClFN2OS2/c1-2-22-12-8-7-10(20)9-14(12)25-18(22)21-17(23)16-15(19)11-5-3-4-6-13(11)24-16/h3-9H,2H2,1H3. The van der Waals surface area contributed by atoms with E-state index in [4.69, 9.17) is 11.6 Å². The molecule has 0 bridgehead atoms. The quantitative estimate of drug-likeness (QED) is 0.446. The number of hydrogen-bond donors (Lipinski definition) is 0. The molecule has 0 aliphatic carbocycles. The first-order valence-electron chi connectivity index (χ1n) is 7.63. The van der Waals surface area contributed by atoms with E-state index in [1.807, 2.05) is 35.8 Å². The van der Waals surface area contributed by atoms with Crippen molar-refractivity contribution in [2.24, 2.45) is 4.99 Å². The van der Waals surface area contributed by atoms with Crippen LogP contribution in [0, 0.1) is 5.82 Å². The van der Waals surface area contributed by atoms with Crippen LogP contribution >= 0.6 is 34.3 Å². The van der Waals surface area contributed by atoms with Crippen LogP contribution in [-0.4, -0.2) is 10.5 Å². The minimum absolute atomic E-state index is 0.303. The highest BCUT2D eigenvalue weighted by Crippen LogP contribution is 2.35. The number of halogens is 2. The van der Waals surface area contributed by atoms with Crippen LogP contribution in [-0.2, 0) is 6.54 Å². The molecule has 2 aromatic heterocycles. The largest absolute Gasteiger partial charge is 0.317 e. The fraction of sp³-hybridized carbons (Fsp3) is 0.111. The van der Waals surface area contributed by atoms with E-state index in [1.165, 1.54) is 34.8 Å². The van der Waals surface area contributed by atoms with Gasteiger partial charge < -0.3 is 4.57 Å². The van der Waals surface area contributed by atoms with Crippen molar-refractivity contribution in [3.8, 4) is 0 Å². The SMILES string of the molecule is CCn1c(=NC(=O)c2sc3ccccc3c2Cl)sc2cc(F)ccc21. The summed E-state index contributed by atoms with van der Waals surface area (Å²) in [4.78, 5) is 17.9. The first-order valence-corrected chi connectivity index (χ1v) is 9.64. The van der Waals surface area contributed by atoms with E-state index in [0.717, 1.165) is 20.3 Å². The zero-order valence-electron chi connectivity index (χ0n) is 13.1. The fourth-order valence-electron chi connectivity index (χ4n) is 2.73. The predicted molar refractivity (Wildman–Crippen MR) is 102 cm³/mol. The number of thiazole rings is 1. The van der Waals surface area contributed by atoms with Gasteiger partial charge in [-0.05, 0) is 31.2 Å². The maximum Gasteiger partial charge on any atom is 0.291 e. The summed E-state index contributed by atoms with van der Waals surface area (Å²) in [5.74, 6) is -0.678. The molecule has 0 radical (unpaired) electrons. The van der Waals surface area contributed by atoms with Crippen LogP contribution in [0.2, 0.25) is 5.02 Å². The number of amides is 1. The highest BCUT2D eigenvalue weighted by Gasteiger charge is 2.17. The van der Waals surface area contributed by atoms with Crippen molar-refractivity contribution in [1.82, 2.24) is 4.57 Å². The molecule has 0 spiro atoms. The molecule has 126 valence electrons. The Hall–Kier alpha value is -2.02. The van der Waals surface area contributed by atoms with Gasteiger partial charge in [-0.1, -0.05) is 41.1 Å². The van der Waals surface area contributed by atoms with Gasteiger partial charge in [0.2, 0.25) is 0 Å². The van der Waals surface area contributed by atoms with E-state index in [9.17, 15) is 9.18 Å². The smallest absolute Gasteiger partial charge is 0.291 e. The van der Waals surface area contributed by atoms with Crippen molar-refractivity contribution >= 4 is 60.5 Å². The van der Waals surface area contributed by atoms with Crippen LogP contribution in [0.5, 0.6) is 0 Å². The number of rotatable bonds is 2. The van der Waals surface area contributed by atoms with Crippen LogP contribution in [0.25, 0.3) is 20.3 Å². The molecule has 0 N–H and O–H groups in total. The molecule has 0 fully saturated rings. The molecule has 2 aromatic carbocycles. The number of aromatic nitrogens is 1. The minimum Gasteiger partial charge on any atom is -0.317 e. The monoisotopic (exact) mass is 390 g/mol. The molecule has 0 atom stereocenters. The van der Waals surface area contributed by atoms with Crippen molar-refractivity contribution in [3.05, 3.63) is 63.0 Å². The Morgan fingerprint density at radius 2 is 2.00 bits per heavy atom. The predicted octanol–water partition coefficient (Wildman–Crippen LogP) is 5.47. The summed E-state index contributed by atoms with van der Waals surface area (Å²) in [7, 11) is 0. The Balaban J connectivity index is 1.88. The van der Waals surface area contributed by atoms with Gasteiger partial charge in [0.15, 0.2) is 4.80 Å². The molecule has 0 aliphatic heterocycles. The Labute approximate surface area is 155 Å². The van der Waals surface area contributed by atoms with Crippen LogP contribution in [0.1, 0.15) is 16.6 Å². The van der Waals surface area contributed by atoms with Crippen molar-refractivity contribution in [2.45, 2.75) is 13.5 Å². The number of hydrogen-bond acceptors (Lipinski definition) is 3. The summed E-state index contributed by atoms with van der Waals surface area (Å²) in [5, 5.41) is 1.29. The Bertz CT molecular complexity index is 1190. The third-order valence-corrected chi connectivity index (χ3v) is 6.59. The topological polar surface area (TPSA) is 34.4 Å². The zero-order valence-corrected chi connectivity index (χ0v) is 15.5. The third kappa shape index (κ3) is 2.80. The van der Waals surface area contributed by atoms with Crippen molar-refractivity contribution in [2.75, 3.05) is 0 Å². The van der Waals surface area contributed by atoms with Gasteiger partial charge in [0.05, 0.1) is 15.2 Å². The summed E-state index contributed by atoms with van der Waals surface area (Å²) in [6.07, 6.45) is 0. The first-order chi connectivity index (χ1) is 12.1. The number of fused-ring (bicyclic) bond motifs is 2. The maximum atomic E-state index is 13.5. The summed E-state index contributed by atoms with van der Waals surface area (Å²) >= 11 is 9.00. The molecule has 7 heteroatoms. The number of carbonyl (C=O) groups is 1. The molecule has 25 heavy (non-hydrogen) atoms. The Morgan fingerprint density at radius 3 is 2.76 bits per heavy atom. The zero-order chi connectivity index (χ0) is 17.6. The second kappa shape index (κ2) is 6.37. The minimum atomic E-state index is -0.375. The molecule has 4 aromatic rings. The summed E-state index contributed by atoms with van der Waals surface area (Å²) < 4.78 is 17.1. The normalized spacial score (nSPS) is 12.4. The number of nitrogens with zero attached hydrogens (tertiary/aromatic N) is 2.